The lowest BCUT2D eigenvalue weighted by molar-refractivity contribution is -0.115. The molecule has 0 saturated carbocycles. The average Bonchev–Trinajstić information content (AvgIpc) is 2.86. The number of hydrogen-bond acceptors (Lipinski definition) is 5. The molecule has 3 aromatic rings. The van der Waals surface area contributed by atoms with E-state index < -0.39 is 0 Å². The van der Waals surface area contributed by atoms with Crippen LogP contribution < -0.4 is 15.6 Å². The molecule has 6 nitrogen and oxygen atoms in total. The van der Waals surface area contributed by atoms with E-state index >= 15 is 0 Å². The molecule has 2 aromatic carbocycles. The van der Waals surface area contributed by atoms with Gasteiger partial charge in [0.25, 0.3) is 5.56 Å². The van der Waals surface area contributed by atoms with Crippen molar-refractivity contribution in [3.05, 3.63) is 88.8 Å². The van der Waals surface area contributed by atoms with Crippen LogP contribution in [0.1, 0.15) is 25.0 Å². The highest BCUT2D eigenvalue weighted by molar-refractivity contribution is 8.23. The van der Waals surface area contributed by atoms with E-state index in [9.17, 15) is 9.59 Å². The Labute approximate surface area is 214 Å². The zero-order chi connectivity index (χ0) is 24.4. The number of anilines is 1. The van der Waals surface area contributed by atoms with Gasteiger partial charge in [-0.3, -0.25) is 9.59 Å². The summed E-state index contributed by atoms with van der Waals surface area (Å²) in [5.74, 6) is 2.05. The van der Waals surface area contributed by atoms with Gasteiger partial charge in [0.15, 0.2) is 0 Å². The summed E-state index contributed by atoms with van der Waals surface area (Å²) in [4.78, 5) is 27.3. The zero-order valence-electron chi connectivity index (χ0n) is 19.4. The van der Waals surface area contributed by atoms with Crippen LogP contribution >= 0.6 is 24.0 Å². The second-order valence-electron chi connectivity index (χ2n) is 9.06. The molecule has 0 aliphatic carbocycles. The van der Waals surface area contributed by atoms with Gasteiger partial charge in [0.05, 0.1) is 5.25 Å². The number of fused-ring (bicyclic) bond motifs is 4. The molecule has 1 saturated heterocycles. The molecule has 0 unspecified atom stereocenters. The number of nitrogens with one attached hydrogen (secondary N) is 1. The van der Waals surface area contributed by atoms with Crippen molar-refractivity contribution in [3.8, 4) is 11.5 Å². The number of likely N-dealkylation sites (tertiary alicyclic amines) is 1. The summed E-state index contributed by atoms with van der Waals surface area (Å²) < 4.78 is 8.46. The second-order valence-corrected chi connectivity index (χ2v) is 11.0. The number of para-hydroxylation sites is 1. The van der Waals surface area contributed by atoms with Crippen molar-refractivity contribution in [1.29, 1.82) is 0 Å². The molecular formula is C27H27N3O3S2. The molecular weight excluding hydrogens is 478 g/mol. The molecule has 3 atom stereocenters. The Bertz CT molecular complexity index is 1280. The van der Waals surface area contributed by atoms with Crippen molar-refractivity contribution in [3.63, 3.8) is 0 Å². The van der Waals surface area contributed by atoms with E-state index in [1.54, 1.807) is 6.07 Å². The minimum Gasteiger partial charge on any atom is -0.457 e. The van der Waals surface area contributed by atoms with E-state index in [1.807, 2.05) is 78.2 Å². The van der Waals surface area contributed by atoms with Crippen LogP contribution in [0.2, 0.25) is 0 Å². The van der Waals surface area contributed by atoms with Gasteiger partial charge in [-0.05, 0) is 61.7 Å². The van der Waals surface area contributed by atoms with Crippen LogP contribution in [0.5, 0.6) is 11.5 Å². The molecule has 1 aromatic heterocycles. The molecule has 0 spiro atoms. The van der Waals surface area contributed by atoms with Crippen LogP contribution in [-0.2, 0) is 11.3 Å². The number of nitrogens with zero attached hydrogens (tertiary/aromatic N) is 2. The van der Waals surface area contributed by atoms with Gasteiger partial charge in [-0.25, -0.2) is 0 Å². The maximum absolute atomic E-state index is 12.8. The van der Waals surface area contributed by atoms with Crippen molar-refractivity contribution in [2.24, 2.45) is 5.92 Å². The molecule has 1 N–H and O–H groups in total. The van der Waals surface area contributed by atoms with Gasteiger partial charge in [0.2, 0.25) is 5.91 Å². The van der Waals surface area contributed by atoms with Crippen LogP contribution in [0, 0.1) is 5.92 Å². The summed E-state index contributed by atoms with van der Waals surface area (Å²) in [7, 11) is 0. The van der Waals surface area contributed by atoms with E-state index in [-0.39, 0.29) is 22.6 Å². The van der Waals surface area contributed by atoms with Gasteiger partial charge >= 0.3 is 0 Å². The quantitative estimate of drug-likeness (QED) is 0.487. The molecule has 35 heavy (non-hydrogen) atoms. The number of thiocarbonyl (C=S) groups is 1. The number of hydrogen-bond donors (Lipinski definition) is 1. The molecule has 3 heterocycles. The Kier molecular flexibility index (Phi) is 6.92. The van der Waals surface area contributed by atoms with Crippen LogP contribution in [0.3, 0.4) is 0 Å². The molecule has 8 heteroatoms. The molecule has 2 bridgehead atoms. The van der Waals surface area contributed by atoms with Gasteiger partial charge in [-0.15, -0.1) is 0 Å². The highest BCUT2D eigenvalue weighted by Gasteiger charge is 2.35. The fourth-order valence-electron chi connectivity index (χ4n) is 4.80. The topological polar surface area (TPSA) is 63.6 Å². The summed E-state index contributed by atoms with van der Waals surface area (Å²) in [6.07, 6.45) is 1.08. The minimum absolute atomic E-state index is 0.0764. The monoisotopic (exact) mass is 505 g/mol. The predicted molar refractivity (Wildman–Crippen MR) is 144 cm³/mol. The summed E-state index contributed by atoms with van der Waals surface area (Å²) in [6.45, 7) is 4.21. The van der Waals surface area contributed by atoms with Crippen molar-refractivity contribution < 1.29 is 9.53 Å². The standard InChI is InChI=1S/C27H27N3O3S2/c1-18(26(32)28-21-10-12-23(13-11-21)33-22-6-3-2-4-7-22)35-27(34)29-15-19-14-20(17-29)24-8-5-9-25(31)30(24)16-19/h2-13,18-20H,14-17H2,1H3,(H,28,32)/t18-,19+,20-/m0/s1. The van der Waals surface area contributed by atoms with E-state index in [0.29, 0.717) is 17.4 Å². The molecule has 2 aliphatic rings. The third-order valence-electron chi connectivity index (χ3n) is 6.49. The Balaban J connectivity index is 1.16. The summed E-state index contributed by atoms with van der Waals surface area (Å²) in [5, 5.41) is 2.63. The van der Waals surface area contributed by atoms with Crippen LogP contribution in [0.25, 0.3) is 0 Å². The van der Waals surface area contributed by atoms with E-state index in [4.69, 9.17) is 17.0 Å². The number of carbonyl (C=O) groups is 1. The summed E-state index contributed by atoms with van der Waals surface area (Å²) in [6, 6.07) is 22.4. The van der Waals surface area contributed by atoms with Crippen molar-refractivity contribution in [2.75, 3.05) is 18.4 Å². The fraction of sp³-hybridized carbons (Fsp3) is 0.296. The Morgan fingerprint density at radius 2 is 1.74 bits per heavy atom. The van der Waals surface area contributed by atoms with Crippen molar-refractivity contribution >= 4 is 39.9 Å². The highest BCUT2D eigenvalue weighted by Crippen LogP contribution is 2.36. The number of ether oxygens (including phenoxy) is 1. The average molecular weight is 506 g/mol. The Hall–Kier alpha value is -3.10. The third-order valence-corrected chi connectivity index (χ3v) is 8.06. The highest BCUT2D eigenvalue weighted by atomic mass is 32.2. The normalized spacial score (nSPS) is 19.4. The lowest BCUT2D eigenvalue weighted by atomic mass is 9.83. The summed E-state index contributed by atoms with van der Waals surface area (Å²) >= 11 is 7.15. The third kappa shape index (κ3) is 5.44. The number of pyridine rings is 1. The van der Waals surface area contributed by atoms with E-state index in [1.165, 1.54) is 11.8 Å². The minimum atomic E-state index is -0.334. The van der Waals surface area contributed by atoms with Crippen LogP contribution in [0.4, 0.5) is 5.69 Å². The largest absolute Gasteiger partial charge is 0.457 e. The van der Waals surface area contributed by atoms with Gasteiger partial charge in [0.1, 0.15) is 15.8 Å². The molecule has 1 amide bonds. The lowest BCUT2D eigenvalue weighted by Gasteiger charge is -2.43. The Morgan fingerprint density at radius 1 is 1.00 bits per heavy atom. The molecule has 2 aliphatic heterocycles. The first-order chi connectivity index (χ1) is 17.0. The summed E-state index contributed by atoms with van der Waals surface area (Å²) in [5.41, 5.74) is 1.88. The number of amides is 1. The number of aromatic nitrogens is 1. The SMILES string of the molecule is C[C@H](SC(=S)N1C[C@H]2C[C@@H](C1)c1cccc(=O)n1C2)C(=O)Nc1ccc(Oc2ccccc2)cc1. The molecule has 5 rings (SSSR count). The predicted octanol–water partition coefficient (Wildman–Crippen LogP) is 5.11. The molecule has 1 fully saturated rings. The van der Waals surface area contributed by atoms with Gasteiger partial charge in [-0.2, -0.15) is 0 Å². The van der Waals surface area contributed by atoms with Crippen LogP contribution in [0.15, 0.2) is 77.6 Å². The number of thioether (sulfide) groups is 1. The van der Waals surface area contributed by atoms with Crippen molar-refractivity contribution in [2.45, 2.75) is 31.1 Å². The second kappa shape index (κ2) is 10.3. The van der Waals surface area contributed by atoms with Crippen LogP contribution in [-0.4, -0.2) is 38.0 Å². The fourth-order valence-corrected chi connectivity index (χ4v) is 6.15. The maximum Gasteiger partial charge on any atom is 0.250 e. The van der Waals surface area contributed by atoms with Gasteiger partial charge in [0, 0.05) is 43.0 Å². The Morgan fingerprint density at radius 3 is 2.51 bits per heavy atom. The first-order valence-electron chi connectivity index (χ1n) is 11.8. The van der Waals surface area contributed by atoms with Gasteiger partial charge < -0.3 is 19.5 Å². The number of carbonyl (C=O) groups excluding carboxylic acids is 1. The maximum atomic E-state index is 12.8. The van der Waals surface area contributed by atoms with E-state index in [0.717, 1.165) is 41.8 Å². The van der Waals surface area contributed by atoms with E-state index in [2.05, 4.69) is 10.2 Å². The molecule has 180 valence electrons. The zero-order valence-corrected chi connectivity index (χ0v) is 21.1. The van der Waals surface area contributed by atoms with Gasteiger partial charge in [-0.1, -0.05) is 48.2 Å². The lowest BCUT2D eigenvalue weighted by Crippen LogP contribution is -2.48. The van der Waals surface area contributed by atoms with Crippen molar-refractivity contribution in [1.82, 2.24) is 9.47 Å². The smallest absolute Gasteiger partial charge is 0.250 e. The molecule has 0 radical (unpaired) electrons. The number of piperidine rings is 1. The number of rotatable bonds is 5. The first kappa shape index (κ1) is 23.6. The number of benzene rings is 2. The first-order valence-corrected chi connectivity index (χ1v) is 13.0.